The van der Waals surface area contributed by atoms with Gasteiger partial charge in [-0.15, -0.1) is 0 Å². The summed E-state index contributed by atoms with van der Waals surface area (Å²) in [5.41, 5.74) is 13.9. The van der Waals surface area contributed by atoms with Crippen molar-refractivity contribution < 1.29 is 0 Å². The van der Waals surface area contributed by atoms with Crippen LogP contribution in [-0.4, -0.2) is 10.2 Å². The average molecular weight is 305 g/mol. The molecule has 2 aromatic carbocycles. The molecule has 0 radical (unpaired) electrons. The van der Waals surface area contributed by atoms with Gasteiger partial charge in [0.2, 0.25) is 0 Å². The molecule has 0 spiro atoms. The van der Waals surface area contributed by atoms with E-state index in [-0.39, 0.29) is 0 Å². The van der Waals surface area contributed by atoms with Crippen molar-refractivity contribution in [3.63, 3.8) is 0 Å². The summed E-state index contributed by atoms with van der Waals surface area (Å²) in [6.45, 7) is 5.22. The quantitative estimate of drug-likeness (QED) is 0.865. The van der Waals surface area contributed by atoms with E-state index in [1.807, 2.05) is 0 Å². The van der Waals surface area contributed by atoms with Gasteiger partial charge in [0.15, 0.2) is 0 Å². The maximum absolute atomic E-state index is 5.73. The van der Waals surface area contributed by atoms with Crippen LogP contribution in [-0.2, 0) is 6.54 Å². The van der Waals surface area contributed by atoms with E-state index in [9.17, 15) is 0 Å². The van der Waals surface area contributed by atoms with E-state index in [0.29, 0.717) is 12.5 Å². The van der Waals surface area contributed by atoms with E-state index in [0.717, 1.165) is 10.2 Å². The molecule has 22 heavy (non-hydrogen) atoms. The molecule has 2 aromatic rings. The summed E-state index contributed by atoms with van der Waals surface area (Å²) < 4.78 is 0. The monoisotopic (exact) mass is 305 g/mol. The van der Waals surface area contributed by atoms with Crippen molar-refractivity contribution in [2.75, 3.05) is 0 Å². The van der Waals surface area contributed by atoms with E-state index < -0.39 is 0 Å². The van der Waals surface area contributed by atoms with Gasteiger partial charge in [-0.3, -0.25) is 0 Å². The van der Waals surface area contributed by atoms with Crippen LogP contribution in [0, 0.1) is 5.92 Å². The number of hydrogen-bond acceptors (Lipinski definition) is 1. The fourth-order valence-electron chi connectivity index (χ4n) is 3.35. The van der Waals surface area contributed by atoms with Crippen molar-refractivity contribution in [3.8, 4) is 0 Å². The van der Waals surface area contributed by atoms with Crippen LogP contribution >= 0.6 is 0 Å². The number of allylic oxidation sites excluding steroid dienone is 4. The topological polar surface area (TPSA) is 26.0 Å². The Bertz CT molecular complexity index is 739. The van der Waals surface area contributed by atoms with E-state index in [1.54, 1.807) is 5.20 Å². The Morgan fingerprint density at radius 3 is 2.18 bits per heavy atom. The molecule has 1 aliphatic rings. The van der Waals surface area contributed by atoms with Crippen LogP contribution in [0.4, 0.5) is 0 Å². The molecule has 0 bridgehead atoms. The maximum Gasteiger partial charge on any atom is 0.0344 e. The first-order valence-electron chi connectivity index (χ1n) is 7.90. The smallest absolute Gasteiger partial charge is 0.0344 e. The molecule has 0 saturated heterocycles. The zero-order valence-electron chi connectivity index (χ0n) is 13.6. The van der Waals surface area contributed by atoms with Crippen LogP contribution in [0.2, 0.25) is 0 Å². The Kier molecular flexibility index (Phi) is 4.14. The fraction of sp³-hybridized carbons (Fsp3) is 0.200. The van der Waals surface area contributed by atoms with Gasteiger partial charge < -0.3 is 5.73 Å². The summed E-state index contributed by atoms with van der Waals surface area (Å²) in [5, 5.41) is 1.61. The Morgan fingerprint density at radius 2 is 1.59 bits per heavy atom. The Balaban J connectivity index is 2.18. The van der Waals surface area contributed by atoms with Crippen molar-refractivity contribution in [1.82, 2.24) is 0 Å². The lowest BCUT2D eigenvalue weighted by molar-refractivity contribution is 0.953. The van der Waals surface area contributed by atoms with E-state index in [2.05, 4.69) is 68.4 Å². The fourth-order valence-corrected chi connectivity index (χ4v) is 3.89. The van der Waals surface area contributed by atoms with Gasteiger partial charge in [0.1, 0.15) is 0 Å². The van der Waals surface area contributed by atoms with Crippen molar-refractivity contribution in [2.45, 2.75) is 20.4 Å². The van der Waals surface area contributed by atoms with Crippen molar-refractivity contribution in [2.24, 2.45) is 11.7 Å². The molecule has 1 unspecified atom stereocenters. The molecule has 2 N–H and O–H groups in total. The molecular weight excluding hydrogens is 282 g/mol. The first kappa shape index (κ1) is 15.0. The molecule has 2 heteroatoms. The van der Waals surface area contributed by atoms with Crippen molar-refractivity contribution in [1.29, 1.82) is 0 Å². The third kappa shape index (κ3) is 2.49. The molecule has 0 aromatic heterocycles. The van der Waals surface area contributed by atoms with Gasteiger partial charge in [-0.2, -0.15) is 0 Å². The van der Waals surface area contributed by atoms with Crippen LogP contribution in [0.3, 0.4) is 0 Å². The number of benzene rings is 2. The van der Waals surface area contributed by atoms with Gasteiger partial charge in [0, 0.05) is 16.8 Å². The second kappa shape index (κ2) is 6.07. The van der Waals surface area contributed by atoms with Gasteiger partial charge in [0.05, 0.1) is 0 Å². The van der Waals surface area contributed by atoms with Gasteiger partial charge >= 0.3 is 0 Å². The first-order chi connectivity index (χ1) is 10.6. The first-order valence-corrected chi connectivity index (χ1v) is 8.90. The Labute approximate surface area is 136 Å². The summed E-state index contributed by atoms with van der Waals surface area (Å²) in [7, 11) is 1.12. The highest BCUT2D eigenvalue weighted by atomic mass is 28.1. The normalized spacial score (nSPS) is 18.4. The number of rotatable bonds is 3. The lowest BCUT2D eigenvalue weighted by Crippen LogP contribution is -2.00. The molecule has 1 aliphatic carbocycles. The SMILES string of the molecule is CC1=C([SiH3])C(C)C(c2ccc(CN)cc2)=C1c1ccccc1. The maximum atomic E-state index is 5.73. The van der Waals surface area contributed by atoms with Gasteiger partial charge in [-0.1, -0.05) is 66.7 Å². The zero-order valence-corrected chi connectivity index (χ0v) is 15.6. The van der Waals surface area contributed by atoms with Crippen LogP contribution < -0.4 is 5.73 Å². The van der Waals surface area contributed by atoms with E-state index >= 15 is 0 Å². The lowest BCUT2D eigenvalue weighted by atomic mass is 9.90. The van der Waals surface area contributed by atoms with Crippen LogP contribution in [0.15, 0.2) is 65.4 Å². The molecule has 1 nitrogen and oxygen atoms in total. The number of nitrogens with two attached hydrogens (primary N) is 1. The molecule has 1 atom stereocenters. The van der Waals surface area contributed by atoms with Crippen LogP contribution in [0.5, 0.6) is 0 Å². The summed E-state index contributed by atoms with van der Waals surface area (Å²) >= 11 is 0. The van der Waals surface area contributed by atoms with Gasteiger partial charge in [0.25, 0.3) is 0 Å². The Morgan fingerprint density at radius 1 is 0.955 bits per heavy atom. The summed E-state index contributed by atoms with van der Waals surface area (Å²) in [6, 6.07) is 19.5. The standard InChI is InChI=1S/C20H23NSi/c1-13-18(16-6-4-3-5-7-16)19(14(2)20(13)22)17-10-8-15(12-21)9-11-17/h3-11,14H,12,21H2,1-2,22H3. The molecule has 3 rings (SSSR count). The zero-order chi connectivity index (χ0) is 15.7. The number of hydrogen-bond donors (Lipinski definition) is 1. The highest BCUT2D eigenvalue weighted by Gasteiger charge is 2.27. The Hall–Kier alpha value is -1.90. The lowest BCUT2D eigenvalue weighted by Gasteiger charge is -2.15. The summed E-state index contributed by atoms with van der Waals surface area (Å²) in [6.07, 6.45) is 0. The molecule has 0 aliphatic heterocycles. The summed E-state index contributed by atoms with van der Waals surface area (Å²) in [5.74, 6) is 0.519. The highest BCUT2D eigenvalue weighted by molar-refractivity contribution is 6.27. The minimum Gasteiger partial charge on any atom is -0.326 e. The van der Waals surface area contributed by atoms with Crippen LogP contribution in [0.25, 0.3) is 11.1 Å². The molecule has 0 amide bonds. The van der Waals surface area contributed by atoms with Crippen molar-refractivity contribution >= 4 is 21.4 Å². The molecule has 0 fully saturated rings. The molecular formula is C20H23NSi. The van der Waals surface area contributed by atoms with E-state index in [1.165, 1.54) is 33.4 Å². The minimum absolute atomic E-state index is 0.519. The highest BCUT2D eigenvalue weighted by Crippen LogP contribution is 2.46. The largest absolute Gasteiger partial charge is 0.326 e. The molecule has 0 saturated carbocycles. The van der Waals surface area contributed by atoms with Gasteiger partial charge in [-0.05, 0) is 46.3 Å². The third-order valence-corrected chi connectivity index (χ3v) is 6.50. The second-order valence-corrected chi connectivity index (χ2v) is 7.16. The average Bonchev–Trinajstić information content (AvgIpc) is 2.80. The van der Waals surface area contributed by atoms with E-state index in [4.69, 9.17) is 5.73 Å². The van der Waals surface area contributed by atoms with Crippen molar-refractivity contribution in [3.05, 3.63) is 82.1 Å². The second-order valence-electron chi connectivity index (χ2n) is 6.09. The van der Waals surface area contributed by atoms with Crippen LogP contribution in [0.1, 0.15) is 30.5 Å². The molecule has 112 valence electrons. The predicted octanol–water partition coefficient (Wildman–Crippen LogP) is 3.35. The third-order valence-electron chi connectivity index (χ3n) is 4.88. The minimum atomic E-state index is 0.519. The van der Waals surface area contributed by atoms with Gasteiger partial charge in [-0.25, -0.2) is 0 Å². The molecule has 0 heterocycles. The summed E-state index contributed by atoms with van der Waals surface area (Å²) in [4.78, 5) is 0. The predicted molar refractivity (Wildman–Crippen MR) is 99.4 cm³/mol.